The van der Waals surface area contributed by atoms with Crippen molar-refractivity contribution in [2.45, 2.75) is 25.9 Å². The van der Waals surface area contributed by atoms with Gasteiger partial charge in [0.25, 0.3) is 0 Å². The Balaban J connectivity index is 1.99. The zero-order chi connectivity index (χ0) is 13.4. The van der Waals surface area contributed by atoms with Gasteiger partial charge in [0.05, 0.1) is 12.0 Å². The summed E-state index contributed by atoms with van der Waals surface area (Å²) in [5.74, 6) is 0.137. The molecule has 0 amide bonds. The molecule has 1 aliphatic rings. The molecule has 2 unspecified atom stereocenters. The van der Waals surface area contributed by atoms with Crippen LogP contribution in [0.3, 0.4) is 0 Å². The first-order chi connectivity index (χ1) is 9.20. The van der Waals surface area contributed by atoms with E-state index in [-0.39, 0.29) is 17.8 Å². The van der Waals surface area contributed by atoms with Crippen molar-refractivity contribution < 1.29 is 9.53 Å². The molecular formula is C14H15BrN2O2. The Kier molecular flexibility index (Phi) is 3.41. The second kappa shape index (κ2) is 5.06. The van der Waals surface area contributed by atoms with Gasteiger partial charge < -0.3 is 9.72 Å². The van der Waals surface area contributed by atoms with Crippen LogP contribution >= 0.6 is 15.9 Å². The maximum atomic E-state index is 12.7. The van der Waals surface area contributed by atoms with Crippen LogP contribution < -0.4 is 0 Å². The van der Waals surface area contributed by atoms with Gasteiger partial charge in [0.1, 0.15) is 5.65 Å². The molecular weight excluding hydrogens is 308 g/mol. The molecule has 0 spiro atoms. The van der Waals surface area contributed by atoms with Crippen LogP contribution in [0.5, 0.6) is 0 Å². The lowest BCUT2D eigenvalue weighted by atomic mass is 9.90. The molecule has 0 aromatic carbocycles. The monoisotopic (exact) mass is 322 g/mol. The molecule has 3 heterocycles. The first-order valence-electron chi connectivity index (χ1n) is 6.49. The normalized spacial score (nSPS) is 23.1. The van der Waals surface area contributed by atoms with Crippen molar-refractivity contribution in [1.82, 2.24) is 9.97 Å². The van der Waals surface area contributed by atoms with E-state index in [1.807, 2.05) is 6.07 Å². The lowest BCUT2D eigenvalue weighted by Gasteiger charge is -2.14. The third kappa shape index (κ3) is 2.21. The van der Waals surface area contributed by atoms with E-state index in [1.54, 1.807) is 12.4 Å². The Morgan fingerprint density at radius 2 is 2.47 bits per heavy atom. The Morgan fingerprint density at radius 1 is 1.63 bits per heavy atom. The Labute approximate surface area is 119 Å². The van der Waals surface area contributed by atoms with Gasteiger partial charge in [0, 0.05) is 34.4 Å². The Bertz CT molecular complexity index is 623. The molecule has 1 aliphatic heterocycles. The predicted molar refractivity (Wildman–Crippen MR) is 76.3 cm³/mol. The number of fused-ring (bicyclic) bond motifs is 1. The van der Waals surface area contributed by atoms with Crippen LogP contribution in [0.15, 0.2) is 22.9 Å². The molecule has 0 radical (unpaired) electrons. The number of aromatic amines is 1. The average molecular weight is 323 g/mol. The number of ether oxygens (including phenoxy) is 1. The molecule has 19 heavy (non-hydrogen) atoms. The zero-order valence-electron chi connectivity index (χ0n) is 10.6. The first kappa shape index (κ1) is 12.8. The fourth-order valence-corrected chi connectivity index (χ4v) is 3.06. The van der Waals surface area contributed by atoms with E-state index in [2.05, 4.69) is 32.8 Å². The SMILES string of the molecule is CCC1OCCC1C(=O)c1c[nH]c2ncc(Br)cc12. The molecule has 0 saturated carbocycles. The molecule has 100 valence electrons. The number of halogens is 1. The summed E-state index contributed by atoms with van der Waals surface area (Å²) in [6.07, 6.45) is 5.22. The minimum absolute atomic E-state index is 0.0250. The van der Waals surface area contributed by atoms with Crippen LogP contribution in [0.1, 0.15) is 30.1 Å². The van der Waals surface area contributed by atoms with Crippen LogP contribution in [0.25, 0.3) is 11.0 Å². The van der Waals surface area contributed by atoms with Crippen LogP contribution in [0.4, 0.5) is 0 Å². The number of H-pyrrole nitrogens is 1. The van der Waals surface area contributed by atoms with Gasteiger partial charge in [-0.1, -0.05) is 6.92 Å². The topological polar surface area (TPSA) is 55.0 Å². The smallest absolute Gasteiger partial charge is 0.170 e. The summed E-state index contributed by atoms with van der Waals surface area (Å²) in [7, 11) is 0. The molecule has 2 aromatic rings. The van der Waals surface area contributed by atoms with Crippen molar-refractivity contribution in [2.24, 2.45) is 5.92 Å². The number of carbonyl (C=O) groups excluding carboxylic acids is 1. The van der Waals surface area contributed by atoms with Gasteiger partial charge in [0.15, 0.2) is 5.78 Å². The minimum Gasteiger partial charge on any atom is -0.377 e. The Morgan fingerprint density at radius 3 is 3.26 bits per heavy atom. The van der Waals surface area contributed by atoms with E-state index in [1.165, 1.54) is 0 Å². The predicted octanol–water partition coefficient (Wildman–Crippen LogP) is 3.32. The fourth-order valence-electron chi connectivity index (χ4n) is 2.73. The highest BCUT2D eigenvalue weighted by atomic mass is 79.9. The van der Waals surface area contributed by atoms with Crippen molar-refractivity contribution in [3.05, 3.63) is 28.5 Å². The number of hydrogen-bond donors (Lipinski definition) is 1. The third-order valence-electron chi connectivity index (χ3n) is 3.71. The number of Topliss-reactive ketones (excluding diaryl/α,β-unsaturated/α-hetero) is 1. The van der Waals surface area contributed by atoms with E-state index in [0.29, 0.717) is 6.61 Å². The lowest BCUT2D eigenvalue weighted by molar-refractivity contribution is 0.0690. The number of aromatic nitrogens is 2. The largest absolute Gasteiger partial charge is 0.377 e. The highest BCUT2D eigenvalue weighted by molar-refractivity contribution is 9.10. The highest BCUT2D eigenvalue weighted by Gasteiger charge is 2.34. The van der Waals surface area contributed by atoms with Crippen molar-refractivity contribution in [3.63, 3.8) is 0 Å². The molecule has 0 bridgehead atoms. The van der Waals surface area contributed by atoms with Gasteiger partial charge in [0.2, 0.25) is 0 Å². The summed E-state index contributed by atoms with van der Waals surface area (Å²) in [5.41, 5.74) is 1.47. The number of nitrogens with zero attached hydrogens (tertiary/aromatic N) is 1. The number of hydrogen-bond acceptors (Lipinski definition) is 3. The van der Waals surface area contributed by atoms with Gasteiger partial charge >= 0.3 is 0 Å². The standard InChI is InChI=1S/C14H15BrN2O2/c1-2-12-9(3-4-19-12)13(18)11-7-17-14-10(11)5-8(15)6-16-14/h5-7,9,12H,2-4H2,1H3,(H,16,17). The van der Waals surface area contributed by atoms with Crippen LogP contribution in [-0.2, 0) is 4.74 Å². The van der Waals surface area contributed by atoms with Crippen LogP contribution in [0.2, 0.25) is 0 Å². The first-order valence-corrected chi connectivity index (χ1v) is 7.28. The van der Waals surface area contributed by atoms with E-state index in [0.717, 1.165) is 33.9 Å². The number of carbonyl (C=O) groups is 1. The van der Waals surface area contributed by atoms with Crippen molar-refractivity contribution >= 4 is 32.7 Å². The van der Waals surface area contributed by atoms with Crippen LogP contribution in [0, 0.1) is 5.92 Å². The van der Waals surface area contributed by atoms with Gasteiger partial charge in [-0.05, 0) is 34.8 Å². The summed E-state index contributed by atoms with van der Waals surface area (Å²) in [6, 6.07) is 1.93. The number of ketones is 1. The summed E-state index contributed by atoms with van der Waals surface area (Å²) in [4.78, 5) is 20.0. The second-order valence-electron chi connectivity index (χ2n) is 4.83. The molecule has 1 N–H and O–H groups in total. The van der Waals surface area contributed by atoms with E-state index in [4.69, 9.17) is 4.74 Å². The van der Waals surface area contributed by atoms with Crippen molar-refractivity contribution in [2.75, 3.05) is 6.61 Å². The van der Waals surface area contributed by atoms with Crippen molar-refractivity contribution in [1.29, 1.82) is 0 Å². The van der Waals surface area contributed by atoms with Gasteiger partial charge in [-0.15, -0.1) is 0 Å². The highest BCUT2D eigenvalue weighted by Crippen LogP contribution is 2.30. The lowest BCUT2D eigenvalue weighted by Crippen LogP contribution is -2.23. The average Bonchev–Trinajstić information content (AvgIpc) is 3.03. The quantitative estimate of drug-likeness (QED) is 0.882. The molecule has 1 fully saturated rings. The second-order valence-corrected chi connectivity index (χ2v) is 5.74. The minimum atomic E-state index is -0.0250. The summed E-state index contributed by atoms with van der Waals surface area (Å²) >= 11 is 3.40. The number of pyridine rings is 1. The van der Waals surface area contributed by atoms with E-state index in [9.17, 15) is 4.79 Å². The molecule has 3 rings (SSSR count). The maximum Gasteiger partial charge on any atom is 0.170 e. The molecule has 2 atom stereocenters. The third-order valence-corrected chi connectivity index (χ3v) is 4.15. The van der Waals surface area contributed by atoms with E-state index >= 15 is 0 Å². The molecule has 0 aliphatic carbocycles. The molecule has 4 nitrogen and oxygen atoms in total. The number of rotatable bonds is 3. The van der Waals surface area contributed by atoms with Gasteiger partial charge in [-0.2, -0.15) is 0 Å². The van der Waals surface area contributed by atoms with Gasteiger partial charge in [-0.3, -0.25) is 4.79 Å². The Hall–Kier alpha value is -1.20. The molecule has 5 heteroatoms. The van der Waals surface area contributed by atoms with Crippen molar-refractivity contribution in [3.8, 4) is 0 Å². The van der Waals surface area contributed by atoms with Crippen LogP contribution in [-0.4, -0.2) is 28.5 Å². The van der Waals surface area contributed by atoms with Gasteiger partial charge in [-0.25, -0.2) is 4.98 Å². The summed E-state index contributed by atoms with van der Waals surface area (Å²) in [5, 5.41) is 0.876. The molecule has 1 saturated heterocycles. The summed E-state index contributed by atoms with van der Waals surface area (Å²) in [6.45, 7) is 2.74. The fraction of sp³-hybridized carbons (Fsp3) is 0.429. The molecule has 2 aromatic heterocycles. The van der Waals surface area contributed by atoms with E-state index < -0.39 is 0 Å². The summed E-state index contributed by atoms with van der Waals surface area (Å²) < 4.78 is 6.49. The maximum absolute atomic E-state index is 12.7. The zero-order valence-corrected chi connectivity index (χ0v) is 12.2. The number of nitrogens with one attached hydrogen (secondary N) is 1.